The average molecular weight is 547 g/mol. The van der Waals surface area contributed by atoms with E-state index in [2.05, 4.69) is 10.3 Å². The van der Waals surface area contributed by atoms with Crippen molar-refractivity contribution in [3.8, 4) is 22.9 Å². The van der Waals surface area contributed by atoms with Crippen molar-refractivity contribution in [2.45, 2.75) is 82.3 Å². The lowest BCUT2D eigenvalue weighted by atomic mass is 9.76. The number of aliphatic hydroxyl groups is 1. The van der Waals surface area contributed by atoms with Crippen LogP contribution in [0.3, 0.4) is 0 Å². The number of fused-ring (bicyclic) bond motifs is 2. The summed E-state index contributed by atoms with van der Waals surface area (Å²) in [7, 11) is 0. The normalized spacial score (nSPS) is 27.0. The third kappa shape index (κ3) is 4.59. The summed E-state index contributed by atoms with van der Waals surface area (Å²) < 4.78 is 22.9. The third-order valence-corrected chi connectivity index (χ3v) is 9.97. The van der Waals surface area contributed by atoms with E-state index in [0.29, 0.717) is 41.9 Å². The van der Waals surface area contributed by atoms with Gasteiger partial charge in [-0.2, -0.15) is 9.97 Å². The van der Waals surface area contributed by atoms with E-state index in [4.69, 9.17) is 9.72 Å². The molecule has 3 aromatic rings. The molecule has 2 aromatic carbocycles. The molecular formula is C32H39FN4O3. The third-order valence-electron chi connectivity index (χ3n) is 9.97. The summed E-state index contributed by atoms with van der Waals surface area (Å²) in [5.74, 6) is 0.689. The molecule has 0 radical (unpaired) electrons. The van der Waals surface area contributed by atoms with Crippen molar-refractivity contribution in [2.24, 2.45) is 5.41 Å². The van der Waals surface area contributed by atoms with Gasteiger partial charge in [-0.05, 0) is 93.2 Å². The lowest BCUT2D eigenvalue weighted by molar-refractivity contribution is 0.0798. The van der Waals surface area contributed by atoms with E-state index < -0.39 is 11.9 Å². The maximum absolute atomic E-state index is 16.6. The van der Waals surface area contributed by atoms with Gasteiger partial charge >= 0.3 is 6.01 Å². The number of aromatic nitrogens is 2. The molecule has 212 valence electrons. The van der Waals surface area contributed by atoms with E-state index in [1.165, 1.54) is 12.8 Å². The fourth-order valence-corrected chi connectivity index (χ4v) is 7.57. The summed E-state index contributed by atoms with van der Waals surface area (Å²) in [5, 5.41) is 25.0. The number of hydrogen-bond acceptors (Lipinski definition) is 7. The Bertz CT molecular complexity index is 1410. The topological polar surface area (TPSA) is 90.7 Å². The maximum atomic E-state index is 16.6. The summed E-state index contributed by atoms with van der Waals surface area (Å²) in [4.78, 5) is 11.6. The van der Waals surface area contributed by atoms with Crippen LogP contribution in [0.15, 0.2) is 30.3 Å². The molecule has 3 atom stereocenters. The molecule has 3 unspecified atom stereocenters. The van der Waals surface area contributed by atoms with Crippen molar-refractivity contribution >= 4 is 16.7 Å². The number of hydrogen-bond donors (Lipinski definition) is 3. The number of aliphatic hydroxyl groups excluding tert-OH is 1. The van der Waals surface area contributed by atoms with Gasteiger partial charge in [-0.3, -0.25) is 0 Å². The zero-order valence-electron chi connectivity index (χ0n) is 23.0. The number of nitrogens with zero attached hydrogens (tertiary/aromatic N) is 3. The smallest absolute Gasteiger partial charge is 0.319 e. The van der Waals surface area contributed by atoms with Crippen LogP contribution in [0.25, 0.3) is 22.0 Å². The molecule has 40 heavy (non-hydrogen) atoms. The predicted molar refractivity (Wildman–Crippen MR) is 153 cm³/mol. The van der Waals surface area contributed by atoms with Gasteiger partial charge in [0.2, 0.25) is 0 Å². The van der Waals surface area contributed by atoms with Gasteiger partial charge < -0.3 is 25.2 Å². The minimum Gasteiger partial charge on any atom is -0.508 e. The molecule has 0 spiro atoms. The van der Waals surface area contributed by atoms with Crippen molar-refractivity contribution in [3.05, 3.63) is 41.7 Å². The molecule has 0 amide bonds. The zero-order chi connectivity index (χ0) is 27.3. The highest BCUT2D eigenvalue weighted by Crippen LogP contribution is 2.46. The Kier molecular flexibility index (Phi) is 6.79. The molecule has 4 aliphatic rings. The van der Waals surface area contributed by atoms with Crippen LogP contribution in [0.1, 0.15) is 75.7 Å². The second kappa shape index (κ2) is 10.5. The molecule has 2 saturated carbocycles. The average Bonchev–Trinajstić information content (AvgIpc) is 3.36. The summed E-state index contributed by atoms with van der Waals surface area (Å²) in [6, 6.07) is 9.62. The number of aromatic hydroxyl groups is 1. The largest absolute Gasteiger partial charge is 0.508 e. The van der Waals surface area contributed by atoms with Crippen LogP contribution < -0.4 is 15.0 Å². The molecule has 0 bridgehead atoms. The minimum atomic E-state index is -0.448. The van der Waals surface area contributed by atoms with Crippen LogP contribution in [0.5, 0.6) is 11.8 Å². The molecule has 1 aromatic heterocycles. The van der Waals surface area contributed by atoms with Crippen molar-refractivity contribution < 1.29 is 19.3 Å². The van der Waals surface area contributed by atoms with Crippen LogP contribution in [-0.4, -0.2) is 58.6 Å². The van der Waals surface area contributed by atoms with Crippen LogP contribution >= 0.6 is 0 Å². The summed E-state index contributed by atoms with van der Waals surface area (Å²) in [5.41, 5.74) is 2.52. The highest BCUT2D eigenvalue weighted by molar-refractivity contribution is 5.94. The first kappa shape index (κ1) is 26.0. The monoisotopic (exact) mass is 546 g/mol. The number of rotatable bonds is 6. The lowest BCUT2D eigenvalue weighted by Gasteiger charge is -2.39. The van der Waals surface area contributed by atoms with E-state index in [9.17, 15) is 10.2 Å². The molecule has 2 saturated heterocycles. The molecule has 4 fully saturated rings. The summed E-state index contributed by atoms with van der Waals surface area (Å²) >= 11 is 0. The van der Waals surface area contributed by atoms with E-state index in [1.54, 1.807) is 18.2 Å². The van der Waals surface area contributed by atoms with E-state index in [1.807, 2.05) is 17.0 Å². The van der Waals surface area contributed by atoms with Gasteiger partial charge in [0.15, 0.2) is 5.82 Å². The number of anilines is 1. The summed E-state index contributed by atoms with van der Waals surface area (Å²) in [6.07, 6.45) is 10.2. The molecular weight excluding hydrogens is 507 g/mol. The number of ether oxygens (including phenoxy) is 1. The molecule has 3 N–H and O–H groups in total. The molecule has 3 heterocycles. The quantitative estimate of drug-likeness (QED) is 0.367. The highest BCUT2D eigenvalue weighted by atomic mass is 19.1. The van der Waals surface area contributed by atoms with Gasteiger partial charge in [0.05, 0.1) is 12.7 Å². The lowest BCUT2D eigenvalue weighted by Crippen LogP contribution is -2.49. The van der Waals surface area contributed by atoms with Gasteiger partial charge in [-0.15, -0.1) is 0 Å². The van der Waals surface area contributed by atoms with Gasteiger partial charge in [-0.25, -0.2) is 4.39 Å². The maximum Gasteiger partial charge on any atom is 0.319 e. The van der Waals surface area contributed by atoms with Gasteiger partial charge in [0.25, 0.3) is 0 Å². The highest BCUT2D eigenvalue weighted by Gasteiger charge is 2.45. The Morgan fingerprint density at radius 2 is 1.88 bits per heavy atom. The Labute approximate surface area is 234 Å². The van der Waals surface area contributed by atoms with Crippen molar-refractivity contribution in [1.29, 1.82) is 0 Å². The minimum absolute atomic E-state index is 0.0671. The fourth-order valence-electron chi connectivity index (χ4n) is 7.57. The Hall–Kier alpha value is -2.97. The first-order valence-corrected chi connectivity index (χ1v) is 15.1. The van der Waals surface area contributed by atoms with Crippen molar-refractivity contribution in [3.63, 3.8) is 0 Å². The van der Waals surface area contributed by atoms with Crippen molar-refractivity contribution in [2.75, 3.05) is 31.1 Å². The first-order valence-electron chi connectivity index (χ1n) is 15.1. The number of phenolic OH excluding ortho intramolecular Hbond substituents is 1. The van der Waals surface area contributed by atoms with Crippen molar-refractivity contribution in [1.82, 2.24) is 15.3 Å². The van der Waals surface area contributed by atoms with Crippen LogP contribution in [0, 0.1) is 11.2 Å². The van der Waals surface area contributed by atoms with E-state index >= 15 is 4.39 Å². The Balaban J connectivity index is 1.31. The fraction of sp³-hybridized carbons (Fsp3) is 0.562. The number of benzene rings is 2. The Morgan fingerprint density at radius 3 is 2.70 bits per heavy atom. The standard InChI is InChI=1S/C32H39FN4O3/c33-28-24(26-17-21(38)9-10-23(26)20-5-1-6-20)11-12-25-29(28)35-31(36-30(25)37-16-3-7-22(39)18-37)40-19-32-13-2-8-27(32)34-15-4-14-32/h9-12,17,20,22,27,34,38-39H,1-8,13-16,18-19H2. The second-order valence-corrected chi connectivity index (χ2v) is 12.4. The van der Waals surface area contributed by atoms with Gasteiger partial charge in [-0.1, -0.05) is 25.0 Å². The number of β-amino-alcohol motifs (C(OH)–C–C–N with tert-alkyl or cyclic N) is 1. The van der Waals surface area contributed by atoms with Crippen LogP contribution in [0.4, 0.5) is 10.2 Å². The SMILES string of the molecule is Oc1ccc(C2CCC2)c(-c2ccc3c(N4CCCC(O)C4)nc(OCC45CCCNC4CCC5)nc3c2F)c1. The zero-order valence-corrected chi connectivity index (χ0v) is 23.0. The number of piperidine rings is 2. The molecule has 8 heteroatoms. The second-order valence-electron chi connectivity index (χ2n) is 12.4. The van der Waals surface area contributed by atoms with Gasteiger partial charge in [0.1, 0.15) is 17.1 Å². The van der Waals surface area contributed by atoms with Crippen LogP contribution in [0.2, 0.25) is 0 Å². The Morgan fingerprint density at radius 1 is 1.00 bits per heavy atom. The number of phenols is 1. The van der Waals surface area contributed by atoms with Crippen LogP contribution in [-0.2, 0) is 0 Å². The number of halogens is 1. The molecule has 2 aliphatic heterocycles. The number of nitrogens with one attached hydrogen (secondary N) is 1. The molecule has 2 aliphatic carbocycles. The van der Waals surface area contributed by atoms with E-state index in [0.717, 1.165) is 75.6 Å². The first-order chi connectivity index (χ1) is 19.5. The summed E-state index contributed by atoms with van der Waals surface area (Å²) in [6.45, 7) is 2.74. The van der Waals surface area contributed by atoms with Gasteiger partial charge in [0, 0.05) is 35.5 Å². The molecule has 7 rings (SSSR count). The van der Waals surface area contributed by atoms with E-state index in [-0.39, 0.29) is 22.7 Å². The predicted octanol–water partition coefficient (Wildman–Crippen LogP) is 5.67. The molecule has 7 nitrogen and oxygen atoms in total.